The van der Waals surface area contributed by atoms with E-state index in [1.54, 1.807) is 11.3 Å². The molecule has 0 radical (unpaired) electrons. The van der Waals surface area contributed by atoms with Gasteiger partial charge in [0.15, 0.2) is 0 Å². The van der Waals surface area contributed by atoms with Gasteiger partial charge in [0.25, 0.3) is 0 Å². The lowest BCUT2D eigenvalue weighted by atomic mass is 9.96. The minimum Gasteiger partial charge on any atom is -0.309 e. The van der Waals surface area contributed by atoms with Crippen molar-refractivity contribution in [1.29, 1.82) is 0 Å². The highest BCUT2D eigenvalue weighted by Gasteiger charge is 2.25. The largest absolute Gasteiger partial charge is 0.309 e. The molecule has 4 heteroatoms. The van der Waals surface area contributed by atoms with Crippen LogP contribution in [0.15, 0.2) is 29.8 Å². The fraction of sp³-hybridized carbons (Fsp3) is 0.400. The van der Waals surface area contributed by atoms with Gasteiger partial charge in [0.2, 0.25) is 0 Å². The summed E-state index contributed by atoms with van der Waals surface area (Å²) in [6, 6.07) is 6.26. The summed E-state index contributed by atoms with van der Waals surface area (Å²) in [5, 5.41) is 6.54. The number of aryl methyl sites for hydroxylation is 1. The summed E-state index contributed by atoms with van der Waals surface area (Å²) < 4.78 is 0. The SMILES string of the molecule is CCNC(c1scc(C)c1Cl)C(C)c1ccccn1. The maximum Gasteiger partial charge on any atom is 0.0590 e. The third-order valence-electron chi connectivity index (χ3n) is 3.29. The monoisotopic (exact) mass is 294 g/mol. The zero-order chi connectivity index (χ0) is 13.8. The molecule has 2 unspecified atom stereocenters. The van der Waals surface area contributed by atoms with E-state index in [0.717, 1.165) is 22.8 Å². The molecule has 0 aliphatic rings. The van der Waals surface area contributed by atoms with Crippen molar-refractivity contribution in [3.63, 3.8) is 0 Å². The molecular formula is C15H19ClN2S. The van der Waals surface area contributed by atoms with Crippen molar-refractivity contribution in [2.75, 3.05) is 6.54 Å². The Morgan fingerprint density at radius 3 is 2.74 bits per heavy atom. The molecule has 2 rings (SSSR count). The Balaban J connectivity index is 2.33. The maximum atomic E-state index is 6.42. The third kappa shape index (κ3) is 3.16. The standard InChI is InChI=1S/C15H19ClN2S/c1-4-17-14(15-13(16)10(2)9-19-15)11(3)12-7-5-6-8-18-12/h5-9,11,14,17H,4H2,1-3H3. The Kier molecular flexibility index (Phi) is 4.97. The van der Waals surface area contributed by atoms with Gasteiger partial charge in [0.05, 0.1) is 11.1 Å². The third-order valence-corrected chi connectivity index (χ3v) is 5.08. The van der Waals surface area contributed by atoms with Crippen LogP contribution in [0.5, 0.6) is 0 Å². The number of aromatic nitrogens is 1. The predicted molar refractivity (Wildman–Crippen MR) is 83.1 cm³/mol. The average Bonchev–Trinajstić information content (AvgIpc) is 2.77. The van der Waals surface area contributed by atoms with Gasteiger partial charge in [-0.1, -0.05) is 31.5 Å². The quantitative estimate of drug-likeness (QED) is 0.874. The zero-order valence-corrected chi connectivity index (χ0v) is 13.1. The van der Waals surface area contributed by atoms with Gasteiger partial charge >= 0.3 is 0 Å². The normalized spacial score (nSPS) is 14.3. The van der Waals surface area contributed by atoms with E-state index in [9.17, 15) is 0 Å². The number of hydrogen-bond acceptors (Lipinski definition) is 3. The molecule has 0 aliphatic heterocycles. The summed E-state index contributed by atoms with van der Waals surface area (Å²) in [6.07, 6.45) is 1.84. The van der Waals surface area contributed by atoms with Crippen molar-refractivity contribution < 1.29 is 0 Å². The first-order valence-corrected chi connectivity index (χ1v) is 7.78. The van der Waals surface area contributed by atoms with Crippen LogP contribution in [-0.2, 0) is 0 Å². The van der Waals surface area contributed by atoms with Crippen molar-refractivity contribution in [2.24, 2.45) is 0 Å². The summed E-state index contributed by atoms with van der Waals surface area (Å²) >= 11 is 8.15. The predicted octanol–water partition coefficient (Wildman–Crippen LogP) is 4.56. The summed E-state index contributed by atoms with van der Waals surface area (Å²) in [4.78, 5) is 5.67. The second-order valence-corrected chi connectivity index (χ2v) is 5.96. The van der Waals surface area contributed by atoms with Gasteiger partial charge < -0.3 is 5.32 Å². The van der Waals surface area contributed by atoms with Crippen molar-refractivity contribution >= 4 is 22.9 Å². The minimum absolute atomic E-state index is 0.214. The molecule has 2 aromatic rings. The molecule has 2 aromatic heterocycles. The van der Waals surface area contributed by atoms with Crippen LogP contribution < -0.4 is 5.32 Å². The maximum absolute atomic E-state index is 6.42. The average molecular weight is 295 g/mol. The Hall–Kier alpha value is -0.900. The molecule has 0 spiro atoms. The topological polar surface area (TPSA) is 24.9 Å². The summed E-state index contributed by atoms with van der Waals surface area (Å²) in [5.41, 5.74) is 2.24. The van der Waals surface area contributed by atoms with Crippen molar-refractivity contribution in [3.05, 3.63) is 50.9 Å². The van der Waals surface area contributed by atoms with Gasteiger partial charge in [-0.3, -0.25) is 4.98 Å². The van der Waals surface area contributed by atoms with Crippen LogP contribution in [0.4, 0.5) is 0 Å². The van der Waals surface area contributed by atoms with Gasteiger partial charge in [-0.15, -0.1) is 11.3 Å². The second-order valence-electron chi connectivity index (χ2n) is 4.68. The fourth-order valence-electron chi connectivity index (χ4n) is 2.19. The molecule has 0 bridgehead atoms. The van der Waals surface area contributed by atoms with Gasteiger partial charge in [-0.2, -0.15) is 0 Å². The van der Waals surface area contributed by atoms with E-state index in [2.05, 4.69) is 42.5 Å². The number of hydrogen-bond donors (Lipinski definition) is 1. The Morgan fingerprint density at radius 1 is 1.42 bits per heavy atom. The molecule has 0 saturated carbocycles. The number of nitrogens with one attached hydrogen (secondary N) is 1. The smallest absolute Gasteiger partial charge is 0.0590 e. The molecular weight excluding hydrogens is 276 g/mol. The van der Waals surface area contributed by atoms with Crippen LogP contribution in [-0.4, -0.2) is 11.5 Å². The van der Waals surface area contributed by atoms with Crippen molar-refractivity contribution in [2.45, 2.75) is 32.7 Å². The van der Waals surface area contributed by atoms with Crippen LogP contribution in [0, 0.1) is 6.92 Å². The van der Waals surface area contributed by atoms with Crippen molar-refractivity contribution in [3.8, 4) is 0 Å². The lowest BCUT2D eigenvalue weighted by Crippen LogP contribution is -2.25. The highest BCUT2D eigenvalue weighted by Crippen LogP contribution is 2.38. The van der Waals surface area contributed by atoms with E-state index in [1.165, 1.54) is 4.88 Å². The molecule has 0 amide bonds. The first-order chi connectivity index (χ1) is 9.15. The fourth-order valence-corrected chi connectivity index (χ4v) is 3.68. The molecule has 0 aliphatic carbocycles. The molecule has 2 heterocycles. The van der Waals surface area contributed by atoms with Crippen LogP contribution >= 0.6 is 22.9 Å². The highest BCUT2D eigenvalue weighted by molar-refractivity contribution is 7.10. The molecule has 19 heavy (non-hydrogen) atoms. The number of nitrogens with zero attached hydrogens (tertiary/aromatic N) is 1. The molecule has 102 valence electrons. The molecule has 2 atom stereocenters. The number of rotatable bonds is 5. The Bertz CT molecular complexity index is 524. The van der Waals surface area contributed by atoms with E-state index >= 15 is 0 Å². The minimum atomic E-state index is 0.214. The molecule has 0 saturated heterocycles. The first kappa shape index (κ1) is 14.5. The van der Waals surface area contributed by atoms with E-state index in [0.29, 0.717) is 0 Å². The van der Waals surface area contributed by atoms with Gasteiger partial charge in [0.1, 0.15) is 0 Å². The second kappa shape index (κ2) is 6.51. The van der Waals surface area contributed by atoms with E-state index in [-0.39, 0.29) is 12.0 Å². The number of halogens is 1. The van der Waals surface area contributed by atoms with E-state index in [1.807, 2.05) is 18.3 Å². The van der Waals surface area contributed by atoms with Crippen LogP contribution in [0.25, 0.3) is 0 Å². The van der Waals surface area contributed by atoms with E-state index < -0.39 is 0 Å². The van der Waals surface area contributed by atoms with Gasteiger partial charge in [-0.05, 0) is 36.5 Å². The Labute approximate surface area is 123 Å². The Morgan fingerprint density at radius 2 is 2.21 bits per heavy atom. The summed E-state index contributed by atoms with van der Waals surface area (Å²) in [6.45, 7) is 7.28. The molecule has 0 fully saturated rings. The summed E-state index contributed by atoms with van der Waals surface area (Å²) in [7, 11) is 0. The number of pyridine rings is 1. The molecule has 0 aromatic carbocycles. The number of likely N-dealkylation sites (N-methyl/N-ethyl adjacent to an activating group) is 1. The van der Waals surface area contributed by atoms with Gasteiger partial charge in [-0.25, -0.2) is 0 Å². The lowest BCUT2D eigenvalue weighted by molar-refractivity contribution is 0.479. The highest BCUT2D eigenvalue weighted by atomic mass is 35.5. The number of thiophene rings is 1. The van der Waals surface area contributed by atoms with E-state index in [4.69, 9.17) is 11.6 Å². The van der Waals surface area contributed by atoms with Crippen LogP contribution in [0.1, 0.15) is 41.9 Å². The van der Waals surface area contributed by atoms with Gasteiger partial charge in [0, 0.05) is 22.7 Å². The lowest BCUT2D eigenvalue weighted by Gasteiger charge is -2.24. The first-order valence-electron chi connectivity index (χ1n) is 6.53. The zero-order valence-electron chi connectivity index (χ0n) is 11.5. The van der Waals surface area contributed by atoms with Crippen LogP contribution in [0.2, 0.25) is 5.02 Å². The van der Waals surface area contributed by atoms with Crippen LogP contribution in [0.3, 0.4) is 0 Å². The molecule has 2 nitrogen and oxygen atoms in total. The molecule has 1 N–H and O–H groups in total. The summed E-state index contributed by atoms with van der Waals surface area (Å²) in [5.74, 6) is 0.289. The van der Waals surface area contributed by atoms with Crippen molar-refractivity contribution in [1.82, 2.24) is 10.3 Å².